The molecule has 0 radical (unpaired) electrons. The van der Waals surface area contributed by atoms with Gasteiger partial charge in [0, 0.05) is 6.54 Å². The fraction of sp³-hybridized carbons (Fsp3) is 0.333. The van der Waals surface area contributed by atoms with E-state index in [-0.39, 0.29) is 18.2 Å². The van der Waals surface area contributed by atoms with Gasteiger partial charge in [-0.15, -0.1) is 25.6 Å². The van der Waals surface area contributed by atoms with Crippen LogP contribution in [-0.2, 0) is 0 Å². The maximum Gasteiger partial charge on any atom is 0.573 e. The van der Waals surface area contributed by atoms with E-state index < -0.39 is 6.36 Å². The summed E-state index contributed by atoms with van der Waals surface area (Å²) in [5, 5.41) is 3.18. The van der Waals surface area contributed by atoms with Gasteiger partial charge in [-0.1, -0.05) is 18.2 Å². The fourth-order valence-electron chi connectivity index (χ4n) is 1.76. The number of alkyl halides is 3. The molecule has 0 spiro atoms. The molecule has 18 heavy (non-hydrogen) atoms. The SMILES string of the molecule is Cl.FC(F)(F)Oc1ccc(C2=CCNCC2)cc1. The summed E-state index contributed by atoms with van der Waals surface area (Å²) in [6, 6.07) is 5.98. The summed E-state index contributed by atoms with van der Waals surface area (Å²) in [5.74, 6) is -0.184. The number of nitrogens with one attached hydrogen (secondary N) is 1. The van der Waals surface area contributed by atoms with Crippen molar-refractivity contribution < 1.29 is 17.9 Å². The monoisotopic (exact) mass is 279 g/mol. The third kappa shape index (κ3) is 4.23. The first-order chi connectivity index (χ1) is 8.04. The van der Waals surface area contributed by atoms with Gasteiger partial charge in [-0.3, -0.25) is 0 Å². The van der Waals surface area contributed by atoms with E-state index >= 15 is 0 Å². The van der Waals surface area contributed by atoms with Crippen molar-refractivity contribution in [2.45, 2.75) is 12.8 Å². The maximum atomic E-state index is 12.0. The van der Waals surface area contributed by atoms with Crippen molar-refractivity contribution in [2.24, 2.45) is 0 Å². The van der Waals surface area contributed by atoms with Crippen LogP contribution in [0.15, 0.2) is 30.3 Å². The van der Waals surface area contributed by atoms with Crippen molar-refractivity contribution >= 4 is 18.0 Å². The fourth-order valence-corrected chi connectivity index (χ4v) is 1.76. The van der Waals surface area contributed by atoms with Crippen LogP contribution in [0, 0.1) is 0 Å². The molecule has 0 unspecified atom stereocenters. The van der Waals surface area contributed by atoms with E-state index in [1.54, 1.807) is 12.1 Å². The Labute approximate surface area is 109 Å². The number of hydrogen-bond donors (Lipinski definition) is 1. The molecular weight excluding hydrogens is 267 g/mol. The Morgan fingerprint density at radius 3 is 2.28 bits per heavy atom. The highest BCUT2D eigenvalue weighted by Crippen LogP contribution is 2.26. The van der Waals surface area contributed by atoms with E-state index in [2.05, 4.69) is 10.1 Å². The van der Waals surface area contributed by atoms with Gasteiger partial charge in [-0.25, -0.2) is 0 Å². The second-order valence-electron chi connectivity index (χ2n) is 3.76. The summed E-state index contributed by atoms with van der Waals surface area (Å²) in [6.45, 7) is 1.70. The van der Waals surface area contributed by atoms with E-state index in [0.717, 1.165) is 30.6 Å². The Balaban J connectivity index is 0.00000162. The first-order valence-corrected chi connectivity index (χ1v) is 5.30. The lowest BCUT2D eigenvalue weighted by atomic mass is 10.0. The number of rotatable bonds is 2. The maximum absolute atomic E-state index is 12.0. The predicted molar refractivity (Wildman–Crippen MR) is 65.8 cm³/mol. The minimum Gasteiger partial charge on any atom is -0.406 e. The van der Waals surface area contributed by atoms with Crippen LogP contribution < -0.4 is 10.1 Å². The van der Waals surface area contributed by atoms with Crippen LogP contribution in [0.2, 0.25) is 0 Å². The average Bonchev–Trinajstić information content (AvgIpc) is 2.29. The molecule has 1 aromatic carbocycles. The molecule has 2 nitrogen and oxygen atoms in total. The van der Waals surface area contributed by atoms with E-state index in [0.29, 0.717) is 0 Å². The molecule has 0 atom stereocenters. The van der Waals surface area contributed by atoms with Crippen LogP contribution in [0.5, 0.6) is 5.75 Å². The van der Waals surface area contributed by atoms with E-state index in [1.165, 1.54) is 12.1 Å². The number of halogens is 4. The molecule has 1 aromatic rings. The van der Waals surface area contributed by atoms with E-state index in [1.807, 2.05) is 6.08 Å². The Morgan fingerprint density at radius 1 is 1.11 bits per heavy atom. The summed E-state index contributed by atoms with van der Waals surface area (Å²) in [4.78, 5) is 0. The summed E-state index contributed by atoms with van der Waals surface area (Å²) < 4.78 is 39.7. The summed E-state index contributed by atoms with van der Waals surface area (Å²) in [5.41, 5.74) is 2.10. The predicted octanol–water partition coefficient (Wildman–Crippen LogP) is 3.38. The standard InChI is InChI=1S/C12H12F3NO.ClH/c13-12(14,15)17-11-3-1-9(2-4-11)10-5-7-16-8-6-10;/h1-5,16H,6-8H2;1H. The summed E-state index contributed by atoms with van der Waals surface area (Å²) >= 11 is 0. The molecule has 0 aromatic heterocycles. The first-order valence-electron chi connectivity index (χ1n) is 5.30. The van der Waals surface area contributed by atoms with Gasteiger partial charge in [0.25, 0.3) is 0 Å². The van der Waals surface area contributed by atoms with Crippen molar-refractivity contribution in [3.63, 3.8) is 0 Å². The average molecular weight is 280 g/mol. The second-order valence-corrected chi connectivity index (χ2v) is 3.76. The molecule has 0 amide bonds. The van der Waals surface area contributed by atoms with Gasteiger partial charge in [0.1, 0.15) is 5.75 Å². The summed E-state index contributed by atoms with van der Waals surface area (Å²) in [7, 11) is 0. The lowest BCUT2D eigenvalue weighted by Crippen LogP contribution is -2.20. The molecule has 100 valence electrons. The molecule has 0 saturated heterocycles. The molecule has 0 fully saturated rings. The molecular formula is C12H13ClF3NO. The van der Waals surface area contributed by atoms with Gasteiger partial charge in [0.15, 0.2) is 0 Å². The largest absolute Gasteiger partial charge is 0.573 e. The minimum absolute atomic E-state index is 0. The van der Waals surface area contributed by atoms with Crippen molar-refractivity contribution in [1.82, 2.24) is 5.32 Å². The normalized spacial score (nSPS) is 15.6. The molecule has 1 aliphatic rings. The Kier molecular flexibility index (Phi) is 5.04. The second kappa shape index (κ2) is 6.11. The van der Waals surface area contributed by atoms with Gasteiger partial charge in [0.2, 0.25) is 0 Å². The number of ether oxygens (including phenoxy) is 1. The van der Waals surface area contributed by atoms with Gasteiger partial charge < -0.3 is 10.1 Å². The summed E-state index contributed by atoms with van der Waals surface area (Å²) in [6.07, 6.45) is -1.70. The number of hydrogen-bond acceptors (Lipinski definition) is 2. The Hall–Kier alpha value is -1.20. The molecule has 1 N–H and O–H groups in total. The van der Waals surface area contributed by atoms with E-state index in [9.17, 15) is 13.2 Å². The van der Waals surface area contributed by atoms with Gasteiger partial charge >= 0.3 is 6.36 Å². The van der Waals surface area contributed by atoms with Crippen molar-refractivity contribution in [2.75, 3.05) is 13.1 Å². The molecule has 1 heterocycles. The lowest BCUT2D eigenvalue weighted by Gasteiger charge is -2.15. The minimum atomic E-state index is -4.63. The van der Waals surface area contributed by atoms with Crippen LogP contribution in [0.4, 0.5) is 13.2 Å². The van der Waals surface area contributed by atoms with Crippen molar-refractivity contribution in [1.29, 1.82) is 0 Å². The number of benzene rings is 1. The highest BCUT2D eigenvalue weighted by molar-refractivity contribution is 5.85. The Bertz CT molecular complexity index is 414. The Morgan fingerprint density at radius 2 is 1.78 bits per heavy atom. The zero-order valence-electron chi connectivity index (χ0n) is 9.46. The molecule has 6 heteroatoms. The van der Waals surface area contributed by atoms with Gasteiger partial charge in [0.05, 0.1) is 0 Å². The van der Waals surface area contributed by atoms with Crippen LogP contribution in [0.1, 0.15) is 12.0 Å². The third-order valence-corrected chi connectivity index (χ3v) is 2.52. The van der Waals surface area contributed by atoms with Crippen LogP contribution in [-0.4, -0.2) is 19.5 Å². The topological polar surface area (TPSA) is 21.3 Å². The van der Waals surface area contributed by atoms with E-state index in [4.69, 9.17) is 0 Å². The van der Waals surface area contributed by atoms with Gasteiger partial charge in [-0.05, 0) is 36.2 Å². The van der Waals surface area contributed by atoms with Crippen LogP contribution in [0.25, 0.3) is 5.57 Å². The lowest BCUT2D eigenvalue weighted by molar-refractivity contribution is -0.274. The molecule has 0 saturated carbocycles. The van der Waals surface area contributed by atoms with Crippen LogP contribution in [0.3, 0.4) is 0 Å². The van der Waals surface area contributed by atoms with Crippen molar-refractivity contribution in [3.8, 4) is 5.75 Å². The zero-order chi connectivity index (χ0) is 12.3. The van der Waals surface area contributed by atoms with Crippen molar-refractivity contribution in [3.05, 3.63) is 35.9 Å². The third-order valence-electron chi connectivity index (χ3n) is 2.52. The van der Waals surface area contributed by atoms with Gasteiger partial charge in [-0.2, -0.15) is 0 Å². The highest BCUT2D eigenvalue weighted by atomic mass is 35.5. The first kappa shape index (κ1) is 14.9. The molecule has 1 aliphatic heterocycles. The molecule has 0 aliphatic carbocycles. The molecule has 2 rings (SSSR count). The zero-order valence-corrected chi connectivity index (χ0v) is 10.3. The highest BCUT2D eigenvalue weighted by Gasteiger charge is 2.30. The molecule has 0 bridgehead atoms. The van der Waals surface area contributed by atoms with Crippen LogP contribution >= 0.6 is 12.4 Å². The smallest absolute Gasteiger partial charge is 0.406 e. The quantitative estimate of drug-likeness (QED) is 0.896.